The summed E-state index contributed by atoms with van der Waals surface area (Å²) in [6, 6.07) is 10.1. The Morgan fingerprint density at radius 1 is 1.18 bits per heavy atom. The van der Waals surface area contributed by atoms with E-state index in [0.717, 1.165) is 16.9 Å². The molecule has 2 saturated heterocycles. The number of pyridine rings is 1. The van der Waals surface area contributed by atoms with Gasteiger partial charge in [0.15, 0.2) is 0 Å². The van der Waals surface area contributed by atoms with Gasteiger partial charge in [-0.25, -0.2) is 0 Å². The summed E-state index contributed by atoms with van der Waals surface area (Å²) in [5, 5.41) is 9.71. The number of hydrogen-bond acceptors (Lipinski definition) is 7. The molecule has 0 atom stereocenters. The third-order valence-corrected chi connectivity index (χ3v) is 7.46. The topological polar surface area (TPSA) is 78.6 Å². The molecule has 0 saturated carbocycles. The van der Waals surface area contributed by atoms with E-state index < -0.39 is 0 Å². The lowest BCUT2D eigenvalue weighted by Gasteiger charge is -2.33. The van der Waals surface area contributed by atoms with Crippen LogP contribution in [0.25, 0.3) is 6.08 Å². The predicted molar refractivity (Wildman–Crippen MR) is 139 cm³/mol. The Hall–Kier alpha value is -2.93. The number of thiocarbonyl (C=S) groups is 1. The zero-order valence-electron chi connectivity index (χ0n) is 19.5. The lowest BCUT2D eigenvalue weighted by Crippen LogP contribution is -2.41. The van der Waals surface area contributed by atoms with Crippen LogP contribution in [0, 0.1) is 25.2 Å². The maximum atomic E-state index is 13.3. The molecule has 2 fully saturated rings. The number of aromatic nitrogens is 1. The molecule has 0 spiro atoms. The van der Waals surface area contributed by atoms with Crippen LogP contribution >= 0.6 is 24.0 Å². The second-order valence-corrected chi connectivity index (χ2v) is 9.93. The van der Waals surface area contributed by atoms with Crippen molar-refractivity contribution in [3.8, 4) is 6.07 Å². The summed E-state index contributed by atoms with van der Waals surface area (Å²) < 4.78 is 7.62. The lowest BCUT2D eigenvalue weighted by molar-refractivity contribution is -0.122. The Kier molecular flexibility index (Phi) is 7.22. The van der Waals surface area contributed by atoms with Crippen molar-refractivity contribution >= 4 is 46.1 Å². The molecule has 0 N–H and O–H groups in total. The van der Waals surface area contributed by atoms with Crippen molar-refractivity contribution < 1.29 is 9.53 Å². The van der Waals surface area contributed by atoms with Crippen molar-refractivity contribution in [2.75, 3.05) is 31.2 Å². The van der Waals surface area contributed by atoms with Gasteiger partial charge in [-0.2, -0.15) is 5.26 Å². The molecule has 1 aromatic heterocycles. The first-order chi connectivity index (χ1) is 16.3. The summed E-state index contributed by atoms with van der Waals surface area (Å²) in [5.41, 5.74) is 3.21. The Bertz CT molecular complexity index is 1270. The first-order valence-electron chi connectivity index (χ1n) is 11.2. The van der Waals surface area contributed by atoms with Crippen LogP contribution in [0.4, 0.5) is 5.82 Å². The van der Waals surface area contributed by atoms with Gasteiger partial charge in [0.05, 0.1) is 24.7 Å². The normalized spacial score (nSPS) is 17.5. The van der Waals surface area contributed by atoms with Gasteiger partial charge in [0, 0.05) is 25.2 Å². The number of nitriles is 1. The monoisotopic (exact) mass is 494 g/mol. The molecule has 9 heteroatoms. The van der Waals surface area contributed by atoms with Crippen LogP contribution in [-0.4, -0.2) is 46.0 Å². The quantitative estimate of drug-likeness (QED) is 0.464. The van der Waals surface area contributed by atoms with E-state index in [1.54, 1.807) is 22.5 Å². The lowest BCUT2D eigenvalue weighted by atomic mass is 10.0. The molecule has 2 aliphatic rings. The van der Waals surface area contributed by atoms with Crippen molar-refractivity contribution in [3.05, 3.63) is 67.3 Å². The molecule has 3 heterocycles. The van der Waals surface area contributed by atoms with Gasteiger partial charge < -0.3 is 9.64 Å². The van der Waals surface area contributed by atoms with Gasteiger partial charge in [-0.3, -0.25) is 19.1 Å². The van der Waals surface area contributed by atoms with Crippen LogP contribution in [-0.2, 0) is 22.6 Å². The van der Waals surface area contributed by atoms with E-state index in [-0.39, 0.29) is 17.0 Å². The van der Waals surface area contributed by atoms with E-state index in [9.17, 15) is 14.9 Å². The maximum Gasteiger partial charge on any atom is 0.270 e. The predicted octanol–water partition coefficient (Wildman–Crippen LogP) is 3.59. The van der Waals surface area contributed by atoms with Crippen molar-refractivity contribution in [1.29, 1.82) is 5.26 Å². The fourth-order valence-electron chi connectivity index (χ4n) is 4.20. The number of rotatable bonds is 5. The van der Waals surface area contributed by atoms with E-state index in [2.05, 4.69) is 11.0 Å². The van der Waals surface area contributed by atoms with E-state index in [1.165, 1.54) is 11.8 Å². The standard InChI is InChI=1S/C25H26N4O3S2/c1-4-28-22(27-9-11-32-12-10-27)19(17(3)20(14-26)23(28)30)13-21-24(31)29(25(33)34-21)15-18-7-5-16(2)6-8-18/h5-8,13H,4,9-12,15H2,1-3H3. The van der Waals surface area contributed by atoms with Crippen LogP contribution in [0.2, 0.25) is 0 Å². The SMILES string of the molecule is CCn1c(N2CCOCC2)c(C=C2SC(=S)N(Cc3ccc(C)cc3)C2=O)c(C)c(C#N)c1=O. The molecular formula is C25H26N4O3S2. The van der Waals surface area contributed by atoms with Crippen LogP contribution < -0.4 is 10.5 Å². The highest BCUT2D eigenvalue weighted by Gasteiger charge is 2.33. The van der Waals surface area contributed by atoms with Crippen molar-refractivity contribution in [2.45, 2.75) is 33.9 Å². The van der Waals surface area contributed by atoms with Crippen LogP contribution in [0.15, 0.2) is 34.0 Å². The zero-order valence-corrected chi connectivity index (χ0v) is 21.1. The Labute approximate surface area is 208 Å². The molecule has 7 nitrogen and oxygen atoms in total. The third-order valence-electron chi connectivity index (χ3n) is 6.08. The summed E-state index contributed by atoms with van der Waals surface area (Å²) in [5.74, 6) is 0.548. The summed E-state index contributed by atoms with van der Waals surface area (Å²) in [6.07, 6.45) is 1.79. The van der Waals surface area contributed by atoms with Gasteiger partial charge in [-0.1, -0.05) is 53.8 Å². The number of anilines is 1. The van der Waals surface area contributed by atoms with Crippen LogP contribution in [0.3, 0.4) is 0 Å². The molecule has 0 aliphatic carbocycles. The van der Waals surface area contributed by atoms with Gasteiger partial charge in [0.25, 0.3) is 11.5 Å². The summed E-state index contributed by atoms with van der Waals surface area (Å²) in [4.78, 5) is 30.6. The highest BCUT2D eigenvalue weighted by Crippen LogP contribution is 2.36. The van der Waals surface area contributed by atoms with E-state index >= 15 is 0 Å². The van der Waals surface area contributed by atoms with Gasteiger partial charge >= 0.3 is 0 Å². The van der Waals surface area contributed by atoms with Gasteiger partial charge in [0.2, 0.25) is 0 Å². The van der Waals surface area contributed by atoms with Crippen LogP contribution in [0.5, 0.6) is 0 Å². The molecular weight excluding hydrogens is 468 g/mol. The van der Waals surface area contributed by atoms with Gasteiger partial charge in [0.1, 0.15) is 21.8 Å². The largest absolute Gasteiger partial charge is 0.378 e. The van der Waals surface area contributed by atoms with Crippen molar-refractivity contribution in [3.63, 3.8) is 0 Å². The average Bonchev–Trinajstić information content (AvgIpc) is 3.10. The number of nitrogens with zero attached hydrogens (tertiary/aromatic N) is 4. The van der Waals surface area contributed by atoms with Gasteiger partial charge in [-0.15, -0.1) is 0 Å². The smallest absolute Gasteiger partial charge is 0.270 e. The summed E-state index contributed by atoms with van der Waals surface area (Å²) in [6.45, 7) is 8.83. The first kappa shape index (κ1) is 24.2. The Morgan fingerprint density at radius 2 is 1.85 bits per heavy atom. The highest BCUT2D eigenvalue weighted by molar-refractivity contribution is 8.26. The number of aryl methyl sites for hydroxylation is 1. The number of carbonyl (C=O) groups is 1. The number of hydrogen-bond donors (Lipinski definition) is 0. The molecule has 2 aromatic rings. The van der Waals surface area contributed by atoms with Crippen molar-refractivity contribution in [1.82, 2.24) is 9.47 Å². The van der Waals surface area contributed by atoms with E-state index in [1.807, 2.05) is 38.1 Å². The van der Waals surface area contributed by atoms with Crippen molar-refractivity contribution in [2.24, 2.45) is 0 Å². The number of benzene rings is 1. The van der Waals surface area contributed by atoms with E-state index in [0.29, 0.717) is 59.7 Å². The summed E-state index contributed by atoms with van der Waals surface area (Å²) in [7, 11) is 0. The second-order valence-electron chi connectivity index (χ2n) is 8.25. The first-order valence-corrected chi connectivity index (χ1v) is 12.4. The zero-order chi connectivity index (χ0) is 24.4. The number of morpholine rings is 1. The fraction of sp³-hybridized carbons (Fsp3) is 0.360. The number of thioether (sulfide) groups is 1. The average molecular weight is 495 g/mol. The summed E-state index contributed by atoms with van der Waals surface area (Å²) >= 11 is 6.79. The molecule has 2 aliphatic heterocycles. The maximum absolute atomic E-state index is 13.3. The molecule has 1 aromatic carbocycles. The second kappa shape index (κ2) is 10.1. The molecule has 4 rings (SSSR count). The Morgan fingerprint density at radius 3 is 2.47 bits per heavy atom. The molecule has 0 bridgehead atoms. The highest BCUT2D eigenvalue weighted by atomic mass is 32.2. The molecule has 0 unspecified atom stereocenters. The van der Waals surface area contributed by atoms with E-state index in [4.69, 9.17) is 17.0 Å². The molecule has 1 amide bonds. The molecule has 176 valence electrons. The van der Waals surface area contributed by atoms with Gasteiger partial charge in [-0.05, 0) is 38.0 Å². The minimum Gasteiger partial charge on any atom is -0.378 e. The number of amides is 1. The van der Waals surface area contributed by atoms with Crippen LogP contribution in [0.1, 0.15) is 34.7 Å². The third kappa shape index (κ3) is 4.53. The number of carbonyl (C=O) groups excluding carboxylic acids is 1. The molecule has 34 heavy (non-hydrogen) atoms. The fourth-order valence-corrected chi connectivity index (χ4v) is 5.43. The molecule has 0 radical (unpaired) electrons. The Balaban J connectivity index is 1.79. The minimum atomic E-state index is -0.312. The minimum absolute atomic E-state index is 0.0974. The number of ether oxygens (including phenoxy) is 1.